The van der Waals surface area contributed by atoms with Gasteiger partial charge in [0.05, 0.1) is 25.4 Å². The second-order valence-electron chi connectivity index (χ2n) is 14.8. The Morgan fingerprint density at radius 3 is 1.41 bits per heavy atom. The maximum atomic E-state index is 10.8. The van der Waals surface area contributed by atoms with Crippen molar-refractivity contribution in [3.05, 3.63) is 59.7 Å². The van der Waals surface area contributed by atoms with E-state index >= 15 is 0 Å². The van der Waals surface area contributed by atoms with Crippen molar-refractivity contribution in [1.82, 2.24) is 0 Å². The summed E-state index contributed by atoms with van der Waals surface area (Å²) in [7, 11) is 0. The van der Waals surface area contributed by atoms with Crippen LogP contribution in [0.4, 0.5) is 11.4 Å². The van der Waals surface area contributed by atoms with Crippen molar-refractivity contribution in [2.45, 2.75) is 128 Å². The Bertz CT molecular complexity index is 1060. The van der Waals surface area contributed by atoms with Crippen molar-refractivity contribution >= 4 is 11.4 Å². The van der Waals surface area contributed by atoms with Gasteiger partial charge in [-0.05, 0) is 88.5 Å². The summed E-state index contributed by atoms with van der Waals surface area (Å²) in [6.45, 7) is 17.1. The second-order valence-corrected chi connectivity index (χ2v) is 14.8. The summed E-state index contributed by atoms with van der Waals surface area (Å²) in [5.41, 5.74) is 5.27. The van der Waals surface area contributed by atoms with Crippen molar-refractivity contribution < 1.29 is 19.7 Å². The van der Waals surface area contributed by atoms with Crippen LogP contribution in [0.2, 0.25) is 0 Å². The van der Waals surface area contributed by atoms with Crippen LogP contribution in [-0.2, 0) is 9.47 Å². The predicted molar refractivity (Wildman–Crippen MR) is 183 cm³/mol. The minimum atomic E-state index is -0.500. The van der Waals surface area contributed by atoms with E-state index in [2.05, 4.69) is 99.9 Å². The summed E-state index contributed by atoms with van der Waals surface area (Å²) in [6.07, 6.45) is 7.88. The molecule has 246 valence electrons. The normalized spacial score (nSPS) is 21.9. The van der Waals surface area contributed by atoms with Crippen LogP contribution in [0.1, 0.15) is 116 Å². The molecule has 6 nitrogen and oxygen atoms in total. The number of rotatable bonds is 17. The zero-order chi connectivity index (χ0) is 31.7. The van der Waals surface area contributed by atoms with Crippen molar-refractivity contribution in [1.29, 1.82) is 0 Å². The minimum absolute atomic E-state index is 0.00964. The summed E-state index contributed by atoms with van der Waals surface area (Å²) in [5.74, 6) is 1.05. The lowest BCUT2D eigenvalue weighted by molar-refractivity contribution is 0.0351. The van der Waals surface area contributed by atoms with Gasteiger partial charge in [-0.2, -0.15) is 0 Å². The van der Waals surface area contributed by atoms with E-state index in [-0.39, 0.29) is 11.1 Å². The first-order valence-electron chi connectivity index (χ1n) is 17.2. The molecule has 2 heterocycles. The topological polar surface area (TPSA) is 65.4 Å². The molecule has 2 aromatic carbocycles. The first kappa shape index (κ1) is 34.7. The van der Waals surface area contributed by atoms with Crippen LogP contribution < -0.4 is 9.80 Å². The van der Waals surface area contributed by atoms with E-state index in [0.29, 0.717) is 51.4 Å². The van der Waals surface area contributed by atoms with Crippen LogP contribution in [0, 0.1) is 0 Å². The molecule has 2 N–H and O–H groups in total. The molecule has 6 heteroatoms. The van der Waals surface area contributed by atoms with Gasteiger partial charge in [0.25, 0.3) is 0 Å². The summed E-state index contributed by atoms with van der Waals surface area (Å²) >= 11 is 0. The Labute approximate surface area is 267 Å². The van der Waals surface area contributed by atoms with Crippen LogP contribution in [0.15, 0.2) is 48.5 Å². The molecule has 0 bridgehead atoms. The summed E-state index contributed by atoms with van der Waals surface area (Å²) < 4.78 is 11.7. The lowest BCUT2D eigenvalue weighted by atomic mass is 9.80. The summed E-state index contributed by atoms with van der Waals surface area (Å²) in [5, 5.41) is 21.5. The largest absolute Gasteiger partial charge is 0.389 e. The molecule has 4 rings (SSSR count). The van der Waals surface area contributed by atoms with Crippen molar-refractivity contribution in [2.75, 3.05) is 49.3 Å². The third-order valence-corrected chi connectivity index (χ3v) is 9.82. The second kappa shape index (κ2) is 15.9. The third-order valence-electron chi connectivity index (χ3n) is 9.82. The number of ether oxygens (including phenoxy) is 2. The smallest absolute Gasteiger partial charge is 0.0948 e. The molecule has 0 saturated carbocycles. The van der Waals surface area contributed by atoms with E-state index in [1.54, 1.807) is 0 Å². The van der Waals surface area contributed by atoms with Gasteiger partial charge in [0.2, 0.25) is 0 Å². The molecule has 44 heavy (non-hydrogen) atoms. The van der Waals surface area contributed by atoms with Crippen molar-refractivity contribution in [3.63, 3.8) is 0 Å². The third kappa shape index (κ3) is 9.22. The highest BCUT2D eigenvalue weighted by atomic mass is 16.5. The summed E-state index contributed by atoms with van der Waals surface area (Å²) in [6, 6.07) is 17.2. The number of fused-ring (bicyclic) bond motifs is 2. The van der Waals surface area contributed by atoms with Crippen LogP contribution in [-0.4, -0.2) is 73.0 Å². The molecule has 2 aliphatic heterocycles. The number of nitrogens with zero attached hydrogens (tertiary/aromatic N) is 2. The number of β-amino-alcohol motifs (C(OH)–C–C–N with tert-alkyl or cyclic N) is 2. The van der Waals surface area contributed by atoms with E-state index in [1.165, 1.54) is 35.3 Å². The van der Waals surface area contributed by atoms with E-state index in [1.807, 2.05) is 0 Å². The van der Waals surface area contributed by atoms with Gasteiger partial charge in [0.15, 0.2) is 0 Å². The maximum Gasteiger partial charge on any atom is 0.0948 e. The molecule has 0 aliphatic carbocycles. The number of benzene rings is 2. The highest BCUT2D eigenvalue weighted by molar-refractivity contribution is 5.60. The highest BCUT2D eigenvalue weighted by Crippen LogP contribution is 2.44. The maximum absolute atomic E-state index is 10.8. The number of para-hydroxylation sites is 2. The van der Waals surface area contributed by atoms with E-state index in [9.17, 15) is 10.2 Å². The van der Waals surface area contributed by atoms with Gasteiger partial charge in [-0.15, -0.1) is 0 Å². The Hall–Kier alpha value is -2.12. The Morgan fingerprint density at radius 2 is 1.00 bits per heavy atom. The fourth-order valence-corrected chi connectivity index (χ4v) is 7.66. The first-order valence-corrected chi connectivity index (χ1v) is 17.2. The minimum Gasteiger partial charge on any atom is -0.389 e. The van der Waals surface area contributed by atoms with Gasteiger partial charge in [-0.1, -0.05) is 75.9 Å². The predicted octanol–water partition coefficient (Wildman–Crippen LogP) is 7.67. The molecule has 0 radical (unpaired) electrons. The molecule has 0 saturated heterocycles. The van der Waals surface area contributed by atoms with Crippen LogP contribution in [0.25, 0.3) is 0 Å². The monoisotopic (exact) mass is 608 g/mol. The molecule has 0 aromatic heterocycles. The number of hydrogen-bond acceptors (Lipinski definition) is 6. The fourth-order valence-electron chi connectivity index (χ4n) is 7.66. The number of unbranched alkanes of at least 4 members (excludes halogenated alkanes) is 5. The SMILES string of the molecule is CC1CC(C)(C)N(CC(O)COCCCCCCCCOCC(O)CN2c3ccccc3C(C)CC2(C)C)c2ccccc21. The van der Waals surface area contributed by atoms with Gasteiger partial charge in [-0.3, -0.25) is 0 Å². The standard InChI is InChI=1S/C38H60N2O4/c1-29-23-37(3,4)39(35-19-13-11-17-33(29)35)25-31(41)27-43-21-15-9-7-8-10-16-22-44-28-32(42)26-40-36-20-14-12-18-34(36)30(2)24-38(40,5)6/h11-14,17-20,29-32,41-42H,7-10,15-16,21-28H2,1-6H3. The van der Waals surface area contributed by atoms with Gasteiger partial charge < -0.3 is 29.5 Å². The molecule has 0 fully saturated rings. The number of aliphatic hydroxyl groups is 2. The molecule has 4 atom stereocenters. The molecule has 2 aromatic rings. The zero-order valence-electron chi connectivity index (χ0n) is 28.4. The zero-order valence-corrected chi connectivity index (χ0v) is 28.4. The molecular formula is C38H60N2O4. The number of hydrogen-bond donors (Lipinski definition) is 2. The molecular weight excluding hydrogens is 548 g/mol. The van der Waals surface area contributed by atoms with E-state index in [0.717, 1.165) is 38.5 Å². The fraction of sp³-hybridized carbons (Fsp3) is 0.684. The first-order chi connectivity index (χ1) is 21.0. The quantitative estimate of drug-likeness (QED) is 0.180. The highest BCUT2D eigenvalue weighted by Gasteiger charge is 2.38. The van der Waals surface area contributed by atoms with E-state index < -0.39 is 12.2 Å². The number of aliphatic hydroxyl groups excluding tert-OH is 2. The van der Waals surface area contributed by atoms with Crippen molar-refractivity contribution in [2.24, 2.45) is 0 Å². The van der Waals surface area contributed by atoms with Gasteiger partial charge in [0, 0.05) is 48.8 Å². The Morgan fingerprint density at radius 1 is 0.636 bits per heavy atom. The van der Waals surface area contributed by atoms with Gasteiger partial charge >= 0.3 is 0 Å². The summed E-state index contributed by atoms with van der Waals surface area (Å²) in [4.78, 5) is 4.74. The van der Waals surface area contributed by atoms with Crippen LogP contribution in [0.3, 0.4) is 0 Å². The average Bonchev–Trinajstić information content (AvgIpc) is 2.97. The van der Waals surface area contributed by atoms with Gasteiger partial charge in [-0.25, -0.2) is 0 Å². The van der Waals surface area contributed by atoms with Crippen LogP contribution >= 0.6 is 0 Å². The number of anilines is 2. The molecule has 4 unspecified atom stereocenters. The lowest BCUT2D eigenvalue weighted by Crippen LogP contribution is -2.52. The van der Waals surface area contributed by atoms with Crippen molar-refractivity contribution in [3.8, 4) is 0 Å². The van der Waals surface area contributed by atoms with E-state index in [4.69, 9.17) is 9.47 Å². The van der Waals surface area contributed by atoms with Gasteiger partial charge in [0.1, 0.15) is 0 Å². The average molecular weight is 609 g/mol. The Kier molecular flexibility index (Phi) is 12.6. The molecule has 0 spiro atoms. The Balaban J connectivity index is 1.02. The molecule has 2 aliphatic rings. The molecule has 0 amide bonds. The van der Waals surface area contributed by atoms with Crippen LogP contribution in [0.5, 0.6) is 0 Å². The lowest BCUT2D eigenvalue weighted by Gasteiger charge is -2.48.